The number of nitrogens with zero attached hydrogens (tertiary/aromatic N) is 2. The zero-order chi connectivity index (χ0) is 12.4. The molecule has 0 aliphatic heterocycles. The molecule has 0 saturated heterocycles. The molecule has 0 aliphatic rings. The van der Waals surface area contributed by atoms with Gasteiger partial charge < -0.3 is 4.74 Å². The van der Waals surface area contributed by atoms with E-state index in [1.54, 1.807) is 0 Å². The van der Waals surface area contributed by atoms with Gasteiger partial charge >= 0.3 is 5.00 Å². The molecule has 2 rings (SSSR count). The lowest BCUT2D eigenvalue weighted by Gasteiger charge is -2.02. The number of thiazole rings is 1. The summed E-state index contributed by atoms with van der Waals surface area (Å²) in [6.07, 6.45) is 1.07. The second-order valence-corrected chi connectivity index (χ2v) is 4.79. The molecule has 88 valence electrons. The SMILES string of the molecule is O=[N+]([O-])c1cnc(Oc2cc(Br)ccc2F)s1. The second-order valence-electron chi connectivity index (χ2n) is 2.90. The Morgan fingerprint density at radius 3 is 2.94 bits per heavy atom. The molecule has 17 heavy (non-hydrogen) atoms. The largest absolute Gasteiger partial charge is 0.428 e. The van der Waals surface area contributed by atoms with E-state index in [1.807, 2.05) is 0 Å². The van der Waals surface area contributed by atoms with Gasteiger partial charge in [0.1, 0.15) is 6.20 Å². The van der Waals surface area contributed by atoms with Crippen molar-refractivity contribution in [1.82, 2.24) is 4.98 Å². The van der Waals surface area contributed by atoms with Crippen LogP contribution in [0.4, 0.5) is 9.39 Å². The van der Waals surface area contributed by atoms with Crippen molar-refractivity contribution in [2.24, 2.45) is 0 Å². The Bertz CT molecular complexity index is 575. The predicted octanol–water partition coefficient (Wildman–Crippen LogP) is 3.75. The summed E-state index contributed by atoms with van der Waals surface area (Å²) >= 11 is 3.90. The highest BCUT2D eigenvalue weighted by Crippen LogP contribution is 2.33. The molecule has 0 fully saturated rings. The molecule has 8 heteroatoms. The Labute approximate surface area is 107 Å². The van der Waals surface area contributed by atoms with Crippen LogP contribution in [0.1, 0.15) is 0 Å². The third-order valence-electron chi connectivity index (χ3n) is 1.74. The van der Waals surface area contributed by atoms with Crippen LogP contribution < -0.4 is 4.74 Å². The van der Waals surface area contributed by atoms with E-state index in [2.05, 4.69) is 20.9 Å². The molecule has 0 unspecified atom stereocenters. The molecular weight excluding hydrogens is 315 g/mol. The third kappa shape index (κ3) is 2.77. The van der Waals surface area contributed by atoms with Crippen LogP contribution in [-0.4, -0.2) is 9.91 Å². The van der Waals surface area contributed by atoms with Gasteiger partial charge in [0, 0.05) is 4.47 Å². The Balaban J connectivity index is 2.25. The summed E-state index contributed by atoms with van der Waals surface area (Å²) in [6.45, 7) is 0. The van der Waals surface area contributed by atoms with E-state index < -0.39 is 10.7 Å². The maximum absolute atomic E-state index is 13.3. The summed E-state index contributed by atoms with van der Waals surface area (Å²) in [4.78, 5) is 13.5. The predicted molar refractivity (Wildman–Crippen MR) is 62.9 cm³/mol. The van der Waals surface area contributed by atoms with Gasteiger partial charge in [0.05, 0.1) is 4.92 Å². The average Bonchev–Trinajstić information content (AvgIpc) is 2.72. The van der Waals surface area contributed by atoms with Gasteiger partial charge in [-0.15, -0.1) is 0 Å². The van der Waals surface area contributed by atoms with E-state index in [-0.39, 0.29) is 15.9 Å². The van der Waals surface area contributed by atoms with Crippen molar-refractivity contribution >= 4 is 32.3 Å². The van der Waals surface area contributed by atoms with E-state index >= 15 is 0 Å². The summed E-state index contributed by atoms with van der Waals surface area (Å²) in [5.74, 6) is -0.602. The number of halogens is 2. The van der Waals surface area contributed by atoms with Crippen molar-refractivity contribution in [3.8, 4) is 10.9 Å². The fourth-order valence-electron chi connectivity index (χ4n) is 1.03. The molecule has 1 aromatic carbocycles. The van der Waals surface area contributed by atoms with E-state index in [4.69, 9.17) is 4.74 Å². The van der Waals surface area contributed by atoms with E-state index in [9.17, 15) is 14.5 Å². The first-order valence-corrected chi connectivity index (χ1v) is 5.90. The van der Waals surface area contributed by atoms with Crippen LogP contribution in [0.5, 0.6) is 10.9 Å². The minimum absolute atomic E-state index is 0.0219. The number of rotatable bonds is 3. The minimum Gasteiger partial charge on any atom is -0.428 e. The van der Waals surface area contributed by atoms with Crippen molar-refractivity contribution in [2.45, 2.75) is 0 Å². The zero-order valence-electron chi connectivity index (χ0n) is 8.09. The molecule has 1 aromatic heterocycles. The number of benzene rings is 1. The molecule has 0 spiro atoms. The van der Waals surface area contributed by atoms with Crippen LogP contribution in [0, 0.1) is 15.9 Å². The Morgan fingerprint density at radius 2 is 2.29 bits per heavy atom. The van der Waals surface area contributed by atoms with Gasteiger partial charge in [-0.25, -0.2) is 9.37 Å². The molecule has 0 bridgehead atoms. The Hall–Kier alpha value is -1.54. The monoisotopic (exact) mass is 318 g/mol. The van der Waals surface area contributed by atoms with Crippen LogP contribution in [0.3, 0.4) is 0 Å². The van der Waals surface area contributed by atoms with Crippen molar-refractivity contribution in [3.63, 3.8) is 0 Å². The molecule has 0 aliphatic carbocycles. The Morgan fingerprint density at radius 1 is 1.53 bits per heavy atom. The van der Waals surface area contributed by atoms with E-state index in [0.717, 1.165) is 17.5 Å². The van der Waals surface area contributed by atoms with Crippen LogP contribution in [0.25, 0.3) is 0 Å². The fraction of sp³-hybridized carbons (Fsp3) is 0. The normalized spacial score (nSPS) is 10.2. The number of hydrogen-bond donors (Lipinski definition) is 0. The highest BCUT2D eigenvalue weighted by atomic mass is 79.9. The number of ether oxygens (including phenoxy) is 1. The van der Waals surface area contributed by atoms with Crippen molar-refractivity contribution in [2.75, 3.05) is 0 Å². The Kier molecular flexibility index (Phi) is 3.34. The first kappa shape index (κ1) is 11.9. The van der Waals surface area contributed by atoms with Crippen molar-refractivity contribution < 1.29 is 14.1 Å². The lowest BCUT2D eigenvalue weighted by Crippen LogP contribution is -1.87. The standard InChI is InChI=1S/C9H4BrFN2O3S/c10-5-1-2-6(11)7(3-5)16-9-12-4-8(17-9)13(14)15/h1-4H. The topological polar surface area (TPSA) is 65.3 Å². The molecule has 0 radical (unpaired) electrons. The fourth-order valence-corrected chi connectivity index (χ4v) is 1.97. The maximum Gasteiger partial charge on any atom is 0.347 e. The summed E-state index contributed by atoms with van der Waals surface area (Å²) < 4.78 is 19.1. The molecule has 0 amide bonds. The van der Waals surface area contributed by atoms with Crippen LogP contribution in [0.15, 0.2) is 28.9 Å². The van der Waals surface area contributed by atoms with Crippen molar-refractivity contribution in [3.05, 3.63) is 44.8 Å². The minimum atomic E-state index is -0.582. The molecule has 5 nitrogen and oxygen atoms in total. The van der Waals surface area contributed by atoms with Gasteiger partial charge in [0.25, 0.3) is 5.19 Å². The quantitative estimate of drug-likeness (QED) is 0.638. The van der Waals surface area contributed by atoms with Crippen LogP contribution in [0.2, 0.25) is 0 Å². The first-order chi connectivity index (χ1) is 8.06. The van der Waals surface area contributed by atoms with E-state index in [1.165, 1.54) is 18.2 Å². The molecule has 0 saturated carbocycles. The van der Waals surface area contributed by atoms with Gasteiger partial charge in [-0.1, -0.05) is 15.9 Å². The highest BCUT2D eigenvalue weighted by molar-refractivity contribution is 9.10. The first-order valence-electron chi connectivity index (χ1n) is 4.29. The van der Waals surface area contributed by atoms with Gasteiger partial charge in [-0.05, 0) is 29.5 Å². The average molecular weight is 319 g/mol. The smallest absolute Gasteiger partial charge is 0.347 e. The van der Waals surface area contributed by atoms with Crippen LogP contribution in [-0.2, 0) is 0 Å². The lowest BCUT2D eigenvalue weighted by atomic mass is 10.3. The third-order valence-corrected chi connectivity index (χ3v) is 3.06. The highest BCUT2D eigenvalue weighted by Gasteiger charge is 2.14. The number of nitro groups is 1. The van der Waals surface area contributed by atoms with Gasteiger partial charge in [-0.2, -0.15) is 0 Å². The summed E-state index contributed by atoms with van der Waals surface area (Å²) in [6, 6.07) is 4.16. The number of hydrogen-bond acceptors (Lipinski definition) is 5. The summed E-state index contributed by atoms with van der Waals surface area (Å²) in [5, 5.41) is 10.3. The molecule has 1 heterocycles. The second kappa shape index (κ2) is 4.76. The molecule has 0 N–H and O–H groups in total. The lowest BCUT2D eigenvalue weighted by molar-refractivity contribution is -0.380. The molecule has 2 aromatic rings. The van der Waals surface area contributed by atoms with Crippen LogP contribution >= 0.6 is 27.3 Å². The van der Waals surface area contributed by atoms with Gasteiger partial charge in [0.2, 0.25) is 0 Å². The molecule has 0 atom stereocenters. The summed E-state index contributed by atoms with van der Waals surface area (Å²) in [5.41, 5.74) is 0. The van der Waals surface area contributed by atoms with Gasteiger partial charge in [0.15, 0.2) is 11.6 Å². The number of aromatic nitrogens is 1. The maximum atomic E-state index is 13.3. The van der Waals surface area contributed by atoms with E-state index in [0.29, 0.717) is 4.47 Å². The molecular formula is C9H4BrFN2O3S. The van der Waals surface area contributed by atoms with Crippen molar-refractivity contribution in [1.29, 1.82) is 0 Å². The zero-order valence-corrected chi connectivity index (χ0v) is 10.5. The van der Waals surface area contributed by atoms with Gasteiger partial charge in [-0.3, -0.25) is 10.1 Å². The summed E-state index contributed by atoms with van der Waals surface area (Å²) in [7, 11) is 0.